The Balaban J connectivity index is 2.73. The summed E-state index contributed by atoms with van der Waals surface area (Å²) in [4.78, 5) is 7.42. The van der Waals surface area contributed by atoms with Gasteiger partial charge in [0.25, 0.3) is 0 Å². The summed E-state index contributed by atoms with van der Waals surface area (Å²) in [6, 6.07) is 6.49. The van der Waals surface area contributed by atoms with Crippen molar-refractivity contribution >= 4 is 11.0 Å². The fraction of sp³-hybridized carbons (Fsp3) is 0.200. The molecular formula is C10H7F3N2. The van der Waals surface area contributed by atoms with Crippen molar-refractivity contribution in [3.63, 3.8) is 0 Å². The average molecular weight is 212 g/mol. The van der Waals surface area contributed by atoms with Crippen LogP contribution in [0.2, 0.25) is 0 Å². The Morgan fingerprint density at radius 3 is 2.07 bits per heavy atom. The minimum absolute atomic E-state index is 0.0961. The third-order valence-corrected chi connectivity index (χ3v) is 2.01. The minimum Gasteiger partial charge on any atom is -0.249 e. The van der Waals surface area contributed by atoms with Crippen LogP contribution < -0.4 is 0 Å². The second kappa shape index (κ2) is 3.18. The summed E-state index contributed by atoms with van der Waals surface area (Å²) >= 11 is 0. The third kappa shape index (κ3) is 1.77. The number of hydrogen-bond acceptors (Lipinski definition) is 2. The van der Waals surface area contributed by atoms with Crippen LogP contribution in [0.1, 0.15) is 11.4 Å². The second-order valence-corrected chi connectivity index (χ2v) is 3.14. The Hall–Kier alpha value is -1.65. The Bertz CT molecular complexity index is 505. The van der Waals surface area contributed by atoms with E-state index in [-0.39, 0.29) is 11.2 Å². The van der Waals surface area contributed by atoms with Gasteiger partial charge in [-0.1, -0.05) is 12.1 Å². The molecule has 0 N–H and O–H groups in total. The predicted molar refractivity (Wildman–Crippen MR) is 49.3 cm³/mol. The van der Waals surface area contributed by atoms with Gasteiger partial charge in [-0.15, -0.1) is 0 Å². The van der Waals surface area contributed by atoms with E-state index in [1.807, 2.05) is 0 Å². The van der Waals surface area contributed by atoms with Gasteiger partial charge in [0.05, 0.1) is 16.7 Å². The van der Waals surface area contributed by atoms with Crippen molar-refractivity contribution in [2.45, 2.75) is 13.1 Å². The van der Waals surface area contributed by atoms with Crippen molar-refractivity contribution in [1.29, 1.82) is 0 Å². The molecule has 0 aliphatic carbocycles. The lowest BCUT2D eigenvalue weighted by atomic mass is 10.2. The number of nitrogens with zero attached hydrogens (tertiary/aromatic N) is 2. The first-order valence-electron chi connectivity index (χ1n) is 4.29. The van der Waals surface area contributed by atoms with Crippen molar-refractivity contribution in [2.75, 3.05) is 0 Å². The molecule has 78 valence electrons. The zero-order valence-corrected chi connectivity index (χ0v) is 7.84. The standard InChI is InChI=1S/C10H7F3N2/c1-6-9(10(11,12)13)15-8-5-3-2-4-7(8)14-6/h2-5H,1H3. The van der Waals surface area contributed by atoms with Crippen LogP contribution in [-0.4, -0.2) is 9.97 Å². The van der Waals surface area contributed by atoms with Crippen molar-refractivity contribution in [1.82, 2.24) is 9.97 Å². The topological polar surface area (TPSA) is 25.8 Å². The maximum Gasteiger partial charge on any atom is 0.435 e. The molecule has 0 saturated heterocycles. The fourth-order valence-electron chi connectivity index (χ4n) is 1.36. The number of halogens is 3. The molecule has 1 aromatic heterocycles. The van der Waals surface area contributed by atoms with Crippen LogP contribution in [0.5, 0.6) is 0 Å². The molecule has 0 radical (unpaired) electrons. The Morgan fingerprint density at radius 2 is 1.53 bits per heavy atom. The second-order valence-electron chi connectivity index (χ2n) is 3.14. The van der Waals surface area contributed by atoms with Crippen LogP contribution in [0, 0.1) is 6.92 Å². The summed E-state index contributed by atoms with van der Waals surface area (Å²) < 4.78 is 37.4. The van der Waals surface area contributed by atoms with E-state index >= 15 is 0 Å². The highest BCUT2D eigenvalue weighted by Crippen LogP contribution is 2.30. The fourth-order valence-corrected chi connectivity index (χ4v) is 1.36. The molecule has 15 heavy (non-hydrogen) atoms. The van der Waals surface area contributed by atoms with Crippen LogP contribution in [0.15, 0.2) is 24.3 Å². The largest absolute Gasteiger partial charge is 0.435 e. The van der Waals surface area contributed by atoms with E-state index in [1.54, 1.807) is 18.2 Å². The van der Waals surface area contributed by atoms with Gasteiger partial charge in [-0.3, -0.25) is 0 Å². The predicted octanol–water partition coefficient (Wildman–Crippen LogP) is 2.96. The summed E-state index contributed by atoms with van der Waals surface area (Å²) in [6.07, 6.45) is -4.44. The van der Waals surface area contributed by atoms with E-state index in [4.69, 9.17) is 0 Å². The Labute approximate surface area is 83.8 Å². The van der Waals surface area contributed by atoms with Crippen molar-refractivity contribution in [3.8, 4) is 0 Å². The molecule has 1 heterocycles. The summed E-state index contributed by atoms with van der Waals surface area (Å²) in [5.74, 6) is 0. The number of fused-ring (bicyclic) bond motifs is 1. The minimum atomic E-state index is -4.44. The van der Waals surface area contributed by atoms with Gasteiger partial charge in [-0.25, -0.2) is 9.97 Å². The average Bonchev–Trinajstić information content (AvgIpc) is 2.15. The normalized spacial score (nSPS) is 12.0. The highest BCUT2D eigenvalue weighted by Gasteiger charge is 2.35. The third-order valence-electron chi connectivity index (χ3n) is 2.01. The summed E-state index contributed by atoms with van der Waals surface area (Å²) in [7, 11) is 0. The van der Waals surface area contributed by atoms with Gasteiger partial charge in [-0.05, 0) is 19.1 Å². The summed E-state index contributed by atoms with van der Waals surface area (Å²) in [5, 5.41) is 0. The number of hydrogen-bond donors (Lipinski definition) is 0. The molecule has 0 aliphatic rings. The van der Waals surface area contributed by atoms with Crippen molar-refractivity contribution < 1.29 is 13.2 Å². The molecule has 2 nitrogen and oxygen atoms in total. The number of benzene rings is 1. The van der Waals surface area contributed by atoms with E-state index in [9.17, 15) is 13.2 Å². The highest BCUT2D eigenvalue weighted by molar-refractivity contribution is 5.74. The molecular weight excluding hydrogens is 205 g/mol. The molecule has 0 saturated carbocycles. The van der Waals surface area contributed by atoms with E-state index in [0.29, 0.717) is 5.52 Å². The smallest absolute Gasteiger partial charge is 0.249 e. The molecule has 1 aromatic carbocycles. The van der Waals surface area contributed by atoms with Gasteiger partial charge < -0.3 is 0 Å². The van der Waals surface area contributed by atoms with Crippen LogP contribution in [-0.2, 0) is 6.18 Å². The van der Waals surface area contributed by atoms with Gasteiger partial charge in [-0.2, -0.15) is 13.2 Å². The SMILES string of the molecule is Cc1nc2ccccc2nc1C(F)(F)F. The first-order chi connectivity index (χ1) is 6.98. The molecule has 0 amide bonds. The van der Waals surface area contributed by atoms with Crippen LogP contribution >= 0.6 is 0 Å². The van der Waals surface area contributed by atoms with Crippen molar-refractivity contribution in [2.24, 2.45) is 0 Å². The van der Waals surface area contributed by atoms with Crippen LogP contribution in [0.25, 0.3) is 11.0 Å². The van der Waals surface area contributed by atoms with E-state index in [2.05, 4.69) is 9.97 Å². The van der Waals surface area contributed by atoms with E-state index in [0.717, 1.165) is 0 Å². The van der Waals surface area contributed by atoms with Gasteiger partial charge >= 0.3 is 6.18 Å². The molecule has 0 fully saturated rings. The number of alkyl halides is 3. The number of rotatable bonds is 0. The molecule has 2 aromatic rings. The molecule has 2 rings (SSSR count). The first-order valence-corrected chi connectivity index (χ1v) is 4.29. The highest BCUT2D eigenvalue weighted by atomic mass is 19.4. The monoisotopic (exact) mass is 212 g/mol. The lowest BCUT2D eigenvalue weighted by Crippen LogP contribution is -2.11. The number of aromatic nitrogens is 2. The quantitative estimate of drug-likeness (QED) is 0.670. The molecule has 0 spiro atoms. The Morgan fingerprint density at radius 1 is 1.00 bits per heavy atom. The van der Waals surface area contributed by atoms with E-state index < -0.39 is 11.9 Å². The maximum atomic E-state index is 12.5. The zero-order chi connectivity index (χ0) is 11.1. The number of aryl methyl sites for hydroxylation is 1. The zero-order valence-electron chi connectivity index (χ0n) is 7.84. The van der Waals surface area contributed by atoms with Gasteiger partial charge in [0.15, 0.2) is 5.69 Å². The van der Waals surface area contributed by atoms with Gasteiger partial charge in [0.1, 0.15) is 0 Å². The maximum absolute atomic E-state index is 12.5. The molecule has 0 aliphatic heterocycles. The Kier molecular flexibility index (Phi) is 2.10. The molecule has 0 unspecified atom stereocenters. The lowest BCUT2D eigenvalue weighted by molar-refractivity contribution is -0.141. The van der Waals surface area contributed by atoms with Crippen LogP contribution in [0.4, 0.5) is 13.2 Å². The number of para-hydroxylation sites is 2. The first kappa shape index (κ1) is 9.89. The molecule has 0 bridgehead atoms. The van der Waals surface area contributed by atoms with Gasteiger partial charge in [0.2, 0.25) is 0 Å². The van der Waals surface area contributed by atoms with Gasteiger partial charge in [0, 0.05) is 0 Å². The summed E-state index contributed by atoms with van der Waals surface area (Å²) in [5.41, 5.74) is -0.277. The van der Waals surface area contributed by atoms with E-state index in [1.165, 1.54) is 13.0 Å². The molecule has 5 heteroatoms. The van der Waals surface area contributed by atoms with Crippen molar-refractivity contribution in [3.05, 3.63) is 35.7 Å². The molecule has 0 atom stereocenters. The van der Waals surface area contributed by atoms with Crippen LogP contribution in [0.3, 0.4) is 0 Å². The summed E-state index contributed by atoms with van der Waals surface area (Å²) in [6.45, 7) is 1.31. The lowest BCUT2D eigenvalue weighted by Gasteiger charge is -2.09.